The minimum atomic E-state index is 0.532. The Kier molecular flexibility index (Phi) is 3.98. The lowest BCUT2D eigenvalue weighted by molar-refractivity contribution is 0.572. The minimum absolute atomic E-state index is 0.532. The van der Waals surface area contributed by atoms with Gasteiger partial charge in [0.25, 0.3) is 0 Å². The van der Waals surface area contributed by atoms with Crippen LogP contribution in [0.1, 0.15) is 19.4 Å². The first-order valence-corrected chi connectivity index (χ1v) is 6.08. The SMILES string of the molecule is CC(C)NCc1ccn(CCn2ccnc2)c1. The largest absolute Gasteiger partial charge is 0.352 e. The van der Waals surface area contributed by atoms with Gasteiger partial charge in [0, 0.05) is 50.5 Å². The standard InChI is InChI=1S/C13H20N4/c1-12(2)15-9-13-3-5-16(10-13)7-8-17-6-4-14-11-17/h3-6,10-12,15H,7-9H2,1-2H3. The molecule has 0 spiro atoms. The fourth-order valence-electron chi connectivity index (χ4n) is 1.71. The molecule has 1 N–H and O–H groups in total. The van der Waals surface area contributed by atoms with Crippen LogP contribution < -0.4 is 5.32 Å². The molecule has 17 heavy (non-hydrogen) atoms. The molecule has 2 rings (SSSR count). The smallest absolute Gasteiger partial charge is 0.0946 e. The van der Waals surface area contributed by atoms with Crippen LogP contribution >= 0.6 is 0 Å². The number of nitrogens with zero attached hydrogens (tertiary/aromatic N) is 3. The van der Waals surface area contributed by atoms with Crippen LogP contribution in [0.3, 0.4) is 0 Å². The van der Waals surface area contributed by atoms with Crippen LogP contribution in [0, 0.1) is 0 Å². The normalized spacial score (nSPS) is 11.2. The summed E-state index contributed by atoms with van der Waals surface area (Å²) in [5, 5.41) is 3.42. The number of rotatable bonds is 6. The molecule has 0 amide bonds. The van der Waals surface area contributed by atoms with E-state index in [9.17, 15) is 0 Å². The van der Waals surface area contributed by atoms with Crippen molar-refractivity contribution in [2.45, 2.75) is 39.5 Å². The highest BCUT2D eigenvalue weighted by molar-refractivity contribution is 5.09. The van der Waals surface area contributed by atoms with E-state index in [4.69, 9.17) is 0 Å². The van der Waals surface area contributed by atoms with Crippen molar-refractivity contribution in [3.05, 3.63) is 42.7 Å². The summed E-state index contributed by atoms with van der Waals surface area (Å²) in [5.74, 6) is 0. The van der Waals surface area contributed by atoms with Gasteiger partial charge in [0.05, 0.1) is 6.33 Å². The Morgan fingerprint density at radius 3 is 2.76 bits per heavy atom. The number of hydrogen-bond acceptors (Lipinski definition) is 2. The van der Waals surface area contributed by atoms with Gasteiger partial charge in [-0.25, -0.2) is 4.98 Å². The first-order chi connectivity index (χ1) is 8.24. The summed E-state index contributed by atoms with van der Waals surface area (Å²) in [6.45, 7) is 7.21. The van der Waals surface area contributed by atoms with Crippen LogP contribution in [0.15, 0.2) is 37.2 Å². The van der Waals surface area contributed by atoms with Crippen molar-refractivity contribution < 1.29 is 0 Å². The zero-order valence-corrected chi connectivity index (χ0v) is 10.5. The van der Waals surface area contributed by atoms with Gasteiger partial charge in [-0.15, -0.1) is 0 Å². The van der Waals surface area contributed by atoms with Gasteiger partial charge >= 0.3 is 0 Å². The second kappa shape index (κ2) is 5.68. The zero-order valence-electron chi connectivity index (χ0n) is 10.5. The number of imidazole rings is 1. The van der Waals surface area contributed by atoms with Gasteiger partial charge in [-0.2, -0.15) is 0 Å². The van der Waals surface area contributed by atoms with Crippen LogP contribution in [0.4, 0.5) is 0 Å². The molecule has 0 fully saturated rings. The number of aryl methyl sites for hydroxylation is 2. The first kappa shape index (κ1) is 11.9. The second-order valence-electron chi connectivity index (χ2n) is 4.59. The number of hydrogen-bond donors (Lipinski definition) is 1. The summed E-state index contributed by atoms with van der Waals surface area (Å²) in [7, 11) is 0. The zero-order chi connectivity index (χ0) is 12.1. The number of nitrogens with one attached hydrogen (secondary N) is 1. The lowest BCUT2D eigenvalue weighted by Gasteiger charge is -2.06. The lowest BCUT2D eigenvalue weighted by atomic mass is 10.3. The maximum Gasteiger partial charge on any atom is 0.0946 e. The molecule has 0 unspecified atom stereocenters. The third-order valence-corrected chi connectivity index (χ3v) is 2.70. The molecule has 0 aliphatic carbocycles. The monoisotopic (exact) mass is 232 g/mol. The van der Waals surface area contributed by atoms with Crippen molar-refractivity contribution in [1.29, 1.82) is 0 Å². The molecule has 0 atom stereocenters. The molecule has 2 aromatic heterocycles. The van der Waals surface area contributed by atoms with Gasteiger partial charge in [0.1, 0.15) is 0 Å². The number of aromatic nitrogens is 3. The molecule has 4 heteroatoms. The van der Waals surface area contributed by atoms with Gasteiger partial charge in [-0.05, 0) is 11.6 Å². The molecule has 92 valence electrons. The fourth-order valence-corrected chi connectivity index (χ4v) is 1.71. The van der Waals surface area contributed by atoms with E-state index in [-0.39, 0.29) is 0 Å². The molecule has 0 bridgehead atoms. The van der Waals surface area contributed by atoms with E-state index in [1.165, 1.54) is 5.56 Å². The highest BCUT2D eigenvalue weighted by atomic mass is 15.1. The van der Waals surface area contributed by atoms with E-state index in [1.54, 1.807) is 0 Å². The minimum Gasteiger partial charge on any atom is -0.352 e. The van der Waals surface area contributed by atoms with Crippen LogP contribution in [0.2, 0.25) is 0 Å². The van der Waals surface area contributed by atoms with Crippen molar-refractivity contribution in [3.8, 4) is 0 Å². The molecule has 0 aromatic carbocycles. The van der Waals surface area contributed by atoms with E-state index in [0.29, 0.717) is 6.04 Å². The van der Waals surface area contributed by atoms with E-state index in [1.807, 2.05) is 18.7 Å². The van der Waals surface area contributed by atoms with Gasteiger partial charge in [0.15, 0.2) is 0 Å². The summed E-state index contributed by atoms with van der Waals surface area (Å²) in [6.07, 6.45) is 9.99. The van der Waals surface area contributed by atoms with Crippen LogP contribution in [0.5, 0.6) is 0 Å². The van der Waals surface area contributed by atoms with Crippen molar-refractivity contribution in [2.24, 2.45) is 0 Å². The third kappa shape index (κ3) is 3.75. The Morgan fingerprint density at radius 2 is 2.06 bits per heavy atom. The first-order valence-electron chi connectivity index (χ1n) is 6.08. The average molecular weight is 232 g/mol. The molecule has 0 saturated heterocycles. The quantitative estimate of drug-likeness (QED) is 0.825. The molecule has 0 radical (unpaired) electrons. The van der Waals surface area contributed by atoms with E-state index in [2.05, 4.69) is 51.7 Å². The van der Waals surface area contributed by atoms with E-state index < -0.39 is 0 Å². The summed E-state index contributed by atoms with van der Waals surface area (Å²) >= 11 is 0. The third-order valence-electron chi connectivity index (χ3n) is 2.70. The van der Waals surface area contributed by atoms with Gasteiger partial charge in [-0.3, -0.25) is 0 Å². The summed E-state index contributed by atoms with van der Waals surface area (Å²) in [4.78, 5) is 4.03. The van der Waals surface area contributed by atoms with Crippen molar-refractivity contribution in [3.63, 3.8) is 0 Å². The fraction of sp³-hybridized carbons (Fsp3) is 0.462. The van der Waals surface area contributed by atoms with E-state index >= 15 is 0 Å². The maximum atomic E-state index is 4.03. The predicted octanol–water partition coefficient (Wildman–Crippen LogP) is 1.88. The Morgan fingerprint density at radius 1 is 1.24 bits per heavy atom. The van der Waals surface area contributed by atoms with Crippen molar-refractivity contribution >= 4 is 0 Å². The van der Waals surface area contributed by atoms with Crippen molar-refractivity contribution in [2.75, 3.05) is 0 Å². The Balaban J connectivity index is 1.81. The second-order valence-corrected chi connectivity index (χ2v) is 4.59. The van der Waals surface area contributed by atoms with Gasteiger partial charge < -0.3 is 14.5 Å². The molecular weight excluding hydrogens is 212 g/mol. The Hall–Kier alpha value is -1.55. The van der Waals surface area contributed by atoms with Gasteiger partial charge in [-0.1, -0.05) is 13.8 Å². The molecule has 0 aliphatic rings. The Labute approximate surface area is 102 Å². The summed E-state index contributed by atoms with van der Waals surface area (Å²) in [6, 6.07) is 2.70. The topological polar surface area (TPSA) is 34.8 Å². The average Bonchev–Trinajstić information content (AvgIpc) is 2.95. The summed E-state index contributed by atoms with van der Waals surface area (Å²) < 4.78 is 4.31. The Bertz CT molecular complexity index is 428. The molecule has 4 nitrogen and oxygen atoms in total. The van der Waals surface area contributed by atoms with Gasteiger partial charge in [0.2, 0.25) is 0 Å². The molecule has 2 heterocycles. The van der Waals surface area contributed by atoms with Crippen molar-refractivity contribution in [1.82, 2.24) is 19.4 Å². The molecular formula is C13H20N4. The van der Waals surface area contributed by atoms with Crippen LogP contribution in [0.25, 0.3) is 0 Å². The van der Waals surface area contributed by atoms with E-state index in [0.717, 1.165) is 19.6 Å². The summed E-state index contributed by atoms with van der Waals surface area (Å²) in [5.41, 5.74) is 1.34. The highest BCUT2D eigenvalue weighted by Gasteiger charge is 1.98. The molecule has 0 saturated carbocycles. The predicted molar refractivity (Wildman–Crippen MR) is 68.6 cm³/mol. The van der Waals surface area contributed by atoms with Crippen LogP contribution in [-0.4, -0.2) is 20.2 Å². The maximum absolute atomic E-state index is 4.03. The molecule has 0 aliphatic heterocycles. The highest BCUT2D eigenvalue weighted by Crippen LogP contribution is 2.02. The molecule has 2 aromatic rings. The lowest BCUT2D eigenvalue weighted by Crippen LogP contribution is -2.21. The van der Waals surface area contributed by atoms with Crippen LogP contribution in [-0.2, 0) is 19.6 Å².